The molecule has 4 nitrogen and oxygen atoms in total. The zero-order valence-electron chi connectivity index (χ0n) is 13.3. The maximum absolute atomic E-state index is 12.5. The Balaban J connectivity index is 1.53. The van der Waals surface area contributed by atoms with Crippen molar-refractivity contribution in [1.82, 2.24) is 10.2 Å². The van der Waals surface area contributed by atoms with Crippen LogP contribution in [0.3, 0.4) is 0 Å². The van der Waals surface area contributed by atoms with Crippen molar-refractivity contribution >= 4 is 11.7 Å². The Bertz CT molecular complexity index is 756. The lowest BCUT2D eigenvalue weighted by Gasteiger charge is -2.33. The summed E-state index contributed by atoms with van der Waals surface area (Å²) in [5.41, 5.74) is 6.14. The standard InChI is InChI=1S/C19H21N3O/c1-13-12-20-8-9-22(13)19(23)21-16-6-7-18-15(11-16)10-14-4-2-3-5-17(14)18/h2-7,11,13,20H,8-10,12H2,1H3,(H,21,23). The highest BCUT2D eigenvalue weighted by Crippen LogP contribution is 2.37. The first-order valence-corrected chi connectivity index (χ1v) is 8.22. The van der Waals surface area contributed by atoms with E-state index in [1.54, 1.807) is 0 Å². The number of benzene rings is 2. The van der Waals surface area contributed by atoms with E-state index in [-0.39, 0.29) is 12.1 Å². The number of nitrogens with zero attached hydrogens (tertiary/aromatic N) is 1. The van der Waals surface area contributed by atoms with E-state index in [2.05, 4.69) is 54.0 Å². The molecule has 2 aromatic rings. The number of nitrogens with one attached hydrogen (secondary N) is 2. The zero-order valence-corrected chi connectivity index (χ0v) is 13.3. The molecule has 1 saturated heterocycles. The van der Waals surface area contributed by atoms with Crippen molar-refractivity contribution < 1.29 is 4.79 Å². The number of amides is 2. The molecule has 4 rings (SSSR count). The molecule has 1 aliphatic heterocycles. The quantitative estimate of drug-likeness (QED) is 0.725. The Hall–Kier alpha value is -2.33. The second kappa shape index (κ2) is 5.70. The molecule has 23 heavy (non-hydrogen) atoms. The number of fused-ring (bicyclic) bond motifs is 3. The molecule has 1 aliphatic carbocycles. The Kier molecular flexibility index (Phi) is 3.54. The molecule has 1 unspecified atom stereocenters. The number of piperazine rings is 1. The summed E-state index contributed by atoms with van der Waals surface area (Å²) in [4.78, 5) is 14.4. The summed E-state index contributed by atoms with van der Waals surface area (Å²) in [6, 6.07) is 15.0. The molecule has 0 saturated carbocycles. The lowest BCUT2D eigenvalue weighted by molar-refractivity contribution is 0.177. The molecule has 0 spiro atoms. The van der Waals surface area contributed by atoms with Gasteiger partial charge in [-0.2, -0.15) is 0 Å². The van der Waals surface area contributed by atoms with Crippen LogP contribution in [-0.4, -0.2) is 36.6 Å². The third-order valence-electron chi connectivity index (χ3n) is 4.81. The molecular weight excluding hydrogens is 286 g/mol. The van der Waals surface area contributed by atoms with E-state index >= 15 is 0 Å². The minimum atomic E-state index is -0.00513. The highest BCUT2D eigenvalue weighted by atomic mass is 16.2. The normalized spacial score (nSPS) is 19.2. The van der Waals surface area contributed by atoms with Crippen LogP contribution in [0.15, 0.2) is 42.5 Å². The summed E-state index contributed by atoms with van der Waals surface area (Å²) >= 11 is 0. The van der Waals surface area contributed by atoms with Gasteiger partial charge in [-0.3, -0.25) is 0 Å². The average Bonchev–Trinajstić information content (AvgIpc) is 2.92. The Morgan fingerprint density at radius 3 is 2.87 bits per heavy atom. The van der Waals surface area contributed by atoms with Crippen LogP contribution in [0, 0.1) is 0 Å². The van der Waals surface area contributed by atoms with Crippen LogP contribution in [-0.2, 0) is 6.42 Å². The zero-order chi connectivity index (χ0) is 15.8. The summed E-state index contributed by atoms with van der Waals surface area (Å²) in [5.74, 6) is 0. The largest absolute Gasteiger partial charge is 0.322 e. The van der Waals surface area contributed by atoms with Crippen molar-refractivity contribution in [3.63, 3.8) is 0 Å². The molecule has 0 bridgehead atoms. The fourth-order valence-electron chi connectivity index (χ4n) is 3.56. The molecule has 0 radical (unpaired) electrons. The van der Waals surface area contributed by atoms with Crippen molar-refractivity contribution in [3.05, 3.63) is 53.6 Å². The Labute approximate surface area is 136 Å². The summed E-state index contributed by atoms with van der Waals surface area (Å²) in [6.45, 7) is 4.54. The Morgan fingerprint density at radius 2 is 2.00 bits per heavy atom. The highest BCUT2D eigenvalue weighted by molar-refractivity contribution is 5.91. The van der Waals surface area contributed by atoms with Crippen LogP contribution in [0.1, 0.15) is 18.1 Å². The number of carbonyl (C=O) groups is 1. The number of urea groups is 1. The maximum atomic E-state index is 12.5. The number of anilines is 1. The topological polar surface area (TPSA) is 44.4 Å². The van der Waals surface area contributed by atoms with Gasteiger partial charge in [-0.05, 0) is 47.7 Å². The monoisotopic (exact) mass is 307 g/mol. The first kappa shape index (κ1) is 14.3. The van der Waals surface area contributed by atoms with Crippen LogP contribution in [0.2, 0.25) is 0 Å². The summed E-state index contributed by atoms with van der Waals surface area (Å²) in [5, 5.41) is 6.36. The lowest BCUT2D eigenvalue weighted by atomic mass is 10.1. The van der Waals surface area contributed by atoms with Crippen molar-refractivity contribution in [2.24, 2.45) is 0 Å². The third-order valence-corrected chi connectivity index (χ3v) is 4.81. The van der Waals surface area contributed by atoms with Crippen LogP contribution < -0.4 is 10.6 Å². The van der Waals surface area contributed by atoms with Crippen LogP contribution in [0.4, 0.5) is 10.5 Å². The molecule has 0 aromatic heterocycles. The van der Waals surface area contributed by atoms with Gasteiger partial charge in [0.2, 0.25) is 0 Å². The molecule has 118 valence electrons. The molecular formula is C19H21N3O. The predicted molar refractivity (Wildman–Crippen MR) is 92.7 cm³/mol. The second-order valence-corrected chi connectivity index (χ2v) is 6.38. The van der Waals surface area contributed by atoms with Crippen molar-refractivity contribution in [1.29, 1.82) is 0 Å². The van der Waals surface area contributed by atoms with E-state index in [4.69, 9.17) is 0 Å². The third kappa shape index (κ3) is 2.59. The van der Waals surface area contributed by atoms with Crippen LogP contribution in [0.5, 0.6) is 0 Å². The number of rotatable bonds is 1. The molecule has 4 heteroatoms. The SMILES string of the molecule is CC1CNCCN1C(=O)Nc1ccc2c(c1)Cc1ccccc1-2. The Morgan fingerprint density at radius 1 is 1.17 bits per heavy atom. The van der Waals surface area contributed by atoms with Gasteiger partial charge in [-0.25, -0.2) is 4.79 Å². The smallest absolute Gasteiger partial charge is 0.319 e. The van der Waals surface area contributed by atoms with E-state index < -0.39 is 0 Å². The van der Waals surface area contributed by atoms with Gasteiger partial charge in [0.05, 0.1) is 0 Å². The van der Waals surface area contributed by atoms with Gasteiger partial charge in [-0.15, -0.1) is 0 Å². The second-order valence-electron chi connectivity index (χ2n) is 6.38. The molecule has 2 amide bonds. The van der Waals surface area contributed by atoms with Gasteiger partial charge in [0.15, 0.2) is 0 Å². The van der Waals surface area contributed by atoms with Gasteiger partial charge in [0, 0.05) is 31.4 Å². The van der Waals surface area contributed by atoms with E-state index in [1.165, 1.54) is 22.3 Å². The van der Waals surface area contributed by atoms with Gasteiger partial charge >= 0.3 is 6.03 Å². The van der Waals surface area contributed by atoms with E-state index in [1.807, 2.05) is 11.0 Å². The van der Waals surface area contributed by atoms with Crippen LogP contribution in [0.25, 0.3) is 11.1 Å². The number of hydrogen-bond acceptors (Lipinski definition) is 2. The first-order chi connectivity index (χ1) is 11.2. The van der Waals surface area contributed by atoms with E-state index in [0.717, 1.165) is 31.7 Å². The molecule has 1 atom stereocenters. The first-order valence-electron chi connectivity index (χ1n) is 8.22. The molecule has 2 N–H and O–H groups in total. The summed E-state index contributed by atoms with van der Waals surface area (Å²) < 4.78 is 0. The lowest BCUT2D eigenvalue weighted by Crippen LogP contribution is -2.53. The minimum Gasteiger partial charge on any atom is -0.319 e. The van der Waals surface area contributed by atoms with Gasteiger partial charge in [0.1, 0.15) is 0 Å². The predicted octanol–water partition coefficient (Wildman–Crippen LogP) is 3.08. The summed E-state index contributed by atoms with van der Waals surface area (Å²) in [7, 11) is 0. The van der Waals surface area contributed by atoms with Gasteiger partial charge in [-0.1, -0.05) is 30.3 Å². The van der Waals surface area contributed by atoms with Crippen LogP contribution >= 0.6 is 0 Å². The summed E-state index contributed by atoms with van der Waals surface area (Å²) in [6.07, 6.45) is 0.944. The highest BCUT2D eigenvalue weighted by Gasteiger charge is 2.23. The molecule has 1 fully saturated rings. The molecule has 1 heterocycles. The number of hydrogen-bond donors (Lipinski definition) is 2. The van der Waals surface area contributed by atoms with E-state index in [9.17, 15) is 4.79 Å². The van der Waals surface area contributed by atoms with Crippen molar-refractivity contribution in [2.45, 2.75) is 19.4 Å². The molecule has 2 aromatic carbocycles. The fraction of sp³-hybridized carbons (Fsp3) is 0.316. The maximum Gasteiger partial charge on any atom is 0.322 e. The van der Waals surface area contributed by atoms with Gasteiger partial charge in [0.25, 0.3) is 0 Å². The average molecular weight is 307 g/mol. The minimum absolute atomic E-state index is 0.00513. The van der Waals surface area contributed by atoms with Crippen molar-refractivity contribution in [3.8, 4) is 11.1 Å². The fourth-order valence-corrected chi connectivity index (χ4v) is 3.56. The van der Waals surface area contributed by atoms with E-state index in [0.29, 0.717) is 0 Å². The molecule has 2 aliphatic rings. The number of carbonyl (C=O) groups excluding carboxylic acids is 1. The van der Waals surface area contributed by atoms with Crippen molar-refractivity contribution in [2.75, 3.05) is 25.0 Å². The van der Waals surface area contributed by atoms with Gasteiger partial charge < -0.3 is 15.5 Å².